The Balaban J connectivity index is 1.84. The molecule has 1 unspecified atom stereocenters. The van der Waals surface area contributed by atoms with Crippen LogP contribution < -0.4 is 5.32 Å². The standard InChI is InChI=1S/C22H28N2O3S/c1-15-7-9-19(13-17(15)3)18(4)23-22(25)21-14-20(10-8-16(21)2)28(26,27)24-11-5-6-12-24/h7-10,13-14,18H,5-6,11-12H2,1-4H3,(H,23,25). The predicted octanol–water partition coefficient (Wildman–Crippen LogP) is 3.89. The molecule has 0 aromatic heterocycles. The second kappa shape index (κ2) is 8.05. The molecule has 150 valence electrons. The largest absolute Gasteiger partial charge is 0.346 e. The van der Waals surface area contributed by atoms with Crippen molar-refractivity contribution in [2.75, 3.05) is 13.1 Å². The van der Waals surface area contributed by atoms with E-state index in [0.29, 0.717) is 18.7 Å². The molecule has 0 aliphatic carbocycles. The summed E-state index contributed by atoms with van der Waals surface area (Å²) in [5.41, 5.74) is 4.56. The van der Waals surface area contributed by atoms with Gasteiger partial charge in [0.1, 0.15) is 0 Å². The lowest BCUT2D eigenvalue weighted by atomic mass is 10.0. The first-order valence-electron chi connectivity index (χ1n) is 9.69. The van der Waals surface area contributed by atoms with Crippen molar-refractivity contribution in [3.05, 3.63) is 64.2 Å². The number of amides is 1. The van der Waals surface area contributed by atoms with E-state index in [0.717, 1.165) is 24.0 Å². The molecule has 1 aliphatic rings. The average Bonchev–Trinajstić information content (AvgIpc) is 3.19. The van der Waals surface area contributed by atoms with E-state index in [2.05, 4.69) is 18.3 Å². The zero-order chi connectivity index (χ0) is 20.5. The van der Waals surface area contributed by atoms with Gasteiger partial charge in [-0.2, -0.15) is 4.31 Å². The fourth-order valence-electron chi connectivity index (χ4n) is 3.48. The van der Waals surface area contributed by atoms with E-state index in [9.17, 15) is 13.2 Å². The summed E-state index contributed by atoms with van der Waals surface area (Å²) in [7, 11) is -3.55. The molecule has 1 aliphatic heterocycles. The lowest BCUT2D eigenvalue weighted by molar-refractivity contribution is 0.0939. The number of rotatable bonds is 5. The van der Waals surface area contributed by atoms with E-state index in [-0.39, 0.29) is 16.8 Å². The van der Waals surface area contributed by atoms with E-state index in [4.69, 9.17) is 0 Å². The first-order chi connectivity index (χ1) is 13.2. The summed E-state index contributed by atoms with van der Waals surface area (Å²) < 4.78 is 27.2. The van der Waals surface area contributed by atoms with Crippen LogP contribution in [0.4, 0.5) is 0 Å². The average molecular weight is 401 g/mol. The second-order valence-electron chi connectivity index (χ2n) is 7.63. The van der Waals surface area contributed by atoms with E-state index < -0.39 is 10.0 Å². The number of hydrogen-bond donors (Lipinski definition) is 1. The molecule has 1 N–H and O–H groups in total. The molecule has 1 heterocycles. The molecule has 2 aromatic rings. The SMILES string of the molecule is Cc1ccc(C(C)NC(=O)c2cc(S(=O)(=O)N3CCCC3)ccc2C)cc1C. The van der Waals surface area contributed by atoms with E-state index in [1.54, 1.807) is 12.1 Å². The van der Waals surface area contributed by atoms with Gasteiger partial charge >= 0.3 is 0 Å². The van der Waals surface area contributed by atoms with E-state index >= 15 is 0 Å². The normalized spacial score (nSPS) is 16.1. The molecule has 1 atom stereocenters. The van der Waals surface area contributed by atoms with Crippen molar-refractivity contribution >= 4 is 15.9 Å². The van der Waals surface area contributed by atoms with Crippen LogP contribution in [0.2, 0.25) is 0 Å². The van der Waals surface area contributed by atoms with Gasteiger partial charge in [-0.1, -0.05) is 24.3 Å². The first kappa shape index (κ1) is 20.6. The van der Waals surface area contributed by atoms with Crippen LogP contribution in [-0.2, 0) is 10.0 Å². The van der Waals surface area contributed by atoms with Gasteiger partial charge in [-0.3, -0.25) is 4.79 Å². The number of nitrogens with zero attached hydrogens (tertiary/aromatic N) is 1. The van der Waals surface area contributed by atoms with Gasteiger partial charge in [-0.05, 0) is 74.9 Å². The van der Waals surface area contributed by atoms with Crippen molar-refractivity contribution in [2.24, 2.45) is 0 Å². The molecular weight excluding hydrogens is 372 g/mol. The van der Waals surface area contributed by atoms with E-state index in [1.807, 2.05) is 32.9 Å². The first-order valence-corrected chi connectivity index (χ1v) is 11.1. The summed E-state index contributed by atoms with van der Waals surface area (Å²) in [4.78, 5) is 13.1. The van der Waals surface area contributed by atoms with Gasteiger partial charge in [0.15, 0.2) is 0 Å². The van der Waals surface area contributed by atoms with Crippen LogP contribution in [0.15, 0.2) is 41.3 Å². The predicted molar refractivity (Wildman–Crippen MR) is 111 cm³/mol. The second-order valence-corrected chi connectivity index (χ2v) is 9.56. The van der Waals surface area contributed by atoms with Gasteiger partial charge in [0, 0.05) is 18.7 Å². The molecule has 0 spiro atoms. The molecular formula is C22H28N2O3S. The maximum Gasteiger partial charge on any atom is 0.252 e. The molecule has 3 rings (SSSR count). The molecule has 0 saturated carbocycles. The molecule has 28 heavy (non-hydrogen) atoms. The fraction of sp³-hybridized carbons (Fsp3) is 0.409. The maximum atomic E-state index is 12.9. The van der Waals surface area contributed by atoms with Crippen LogP contribution in [0.1, 0.15) is 58.4 Å². The van der Waals surface area contributed by atoms with Crippen LogP contribution in [0.5, 0.6) is 0 Å². The van der Waals surface area contributed by atoms with Crippen molar-refractivity contribution < 1.29 is 13.2 Å². The molecule has 1 fully saturated rings. The maximum absolute atomic E-state index is 12.9. The Bertz CT molecular complexity index is 993. The molecule has 5 nitrogen and oxygen atoms in total. The van der Waals surface area contributed by atoms with Gasteiger partial charge in [-0.25, -0.2) is 8.42 Å². The highest BCUT2D eigenvalue weighted by Gasteiger charge is 2.28. The molecule has 1 saturated heterocycles. The van der Waals surface area contributed by atoms with Crippen molar-refractivity contribution in [1.82, 2.24) is 9.62 Å². The fourth-order valence-corrected chi connectivity index (χ4v) is 5.02. The Hall–Kier alpha value is -2.18. The van der Waals surface area contributed by atoms with Crippen LogP contribution >= 0.6 is 0 Å². The van der Waals surface area contributed by atoms with Gasteiger partial charge in [0.2, 0.25) is 10.0 Å². The third-order valence-corrected chi connectivity index (χ3v) is 7.43. The highest BCUT2D eigenvalue weighted by atomic mass is 32.2. The van der Waals surface area contributed by atoms with Crippen molar-refractivity contribution in [3.8, 4) is 0 Å². The zero-order valence-corrected chi connectivity index (χ0v) is 17.8. The molecule has 0 bridgehead atoms. The lowest BCUT2D eigenvalue weighted by Gasteiger charge is -2.19. The Morgan fingerprint density at radius 3 is 2.25 bits per heavy atom. The zero-order valence-electron chi connectivity index (χ0n) is 17.0. The van der Waals surface area contributed by atoms with Gasteiger partial charge in [0.05, 0.1) is 10.9 Å². The van der Waals surface area contributed by atoms with Gasteiger partial charge in [-0.15, -0.1) is 0 Å². The summed E-state index contributed by atoms with van der Waals surface area (Å²) in [6.45, 7) is 8.94. The summed E-state index contributed by atoms with van der Waals surface area (Å²) in [6.07, 6.45) is 1.76. The van der Waals surface area contributed by atoms with Crippen LogP contribution in [0.3, 0.4) is 0 Å². The number of benzene rings is 2. The van der Waals surface area contributed by atoms with Gasteiger partial charge < -0.3 is 5.32 Å². The third-order valence-electron chi connectivity index (χ3n) is 5.54. The van der Waals surface area contributed by atoms with Crippen molar-refractivity contribution in [1.29, 1.82) is 0 Å². The van der Waals surface area contributed by atoms with Gasteiger partial charge in [0.25, 0.3) is 5.91 Å². The highest BCUT2D eigenvalue weighted by Crippen LogP contribution is 2.24. The molecule has 1 amide bonds. The van der Waals surface area contributed by atoms with Crippen molar-refractivity contribution in [2.45, 2.75) is 51.5 Å². The van der Waals surface area contributed by atoms with Crippen LogP contribution in [0.25, 0.3) is 0 Å². The monoisotopic (exact) mass is 400 g/mol. The Morgan fingerprint density at radius 1 is 0.964 bits per heavy atom. The van der Waals surface area contributed by atoms with Crippen molar-refractivity contribution in [3.63, 3.8) is 0 Å². The molecule has 0 radical (unpaired) electrons. The molecule has 6 heteroatoms. The third kappa shape index (κ3) is 4.13. The van der Waals surface area contributed by atoms with Crippen LogP contribution in [-0.4, -0.2) is 31.7 Å². The minimum absolute atomic E-state index is 0.176. The quantitative estimate of drug-likeness (QED) is 0.828. The minimum atomic E-state index is -3.55. The number of hydrogen-bond acceptors (Lipinski definition) is 3. The Kier molecular flexibility index (Phi) is 5.91. The van der Waals surface area contributed by atoms with E-state index in [1.165, 1.54) is 21.5 Å². The van der Waals surface area contributed by atoms with Crippen LogP contribution in [0, 0.1) is 20.8 Å². The summed E-state index contributed by atoms with van der Waals surface area (Å²) in [6, 6.07) is 10.7. The smallest absolute Gasteiger partial charge is 0.252 e. The minimum Gasteiger partial charge on any atom is -0.346 e. The number of aryl methyl sites for hydroxylation is 3. The summed E-state index contributed by atoms with van der Waals surface area (Å²) in [5.74, 6) is -0.262. The molecule has 2 aromatic carbocycles. The Morgan fingerprint density at radius 2 is 1.61 bits per heavy atom. The number of nitrogens with one attached hydrogen (secondary N) is 1. The topological polar surface area (TPSA) is 66.5 Å². The number of carbonyl (C=O) groups excluding carboxylic acids is 1. The Labute approximate surface area is 167 Å². The number of sulfonamides is 1. The lowest BCUT2D eigenvalue weighted by Crippen LogP contribution is -2.29. The summed E-state index contributed by atoms with van der Waals surface area (Å²) >= 11 is 0. The summed E-state index contributed by atoms with van der Waals surface area (Å²) in [5, 5.41) is 3.00. The number of carbonyl (C=O) groups is 1. The highest BCUT2D eigenvalue weighted by molar-refractivity contribution is 7.89.